The summed E-state index contributed by atoms with van der Waals surface area (Å²) in [5, 5.41) is 27.1. The van der Waals surface area contributed by atoms with Gasteiger partial charge in [0.25, 0.3) is 0 Å². The summed E-state index contributed by atoms with van der Waals surface area (Å²) in [6.07, 6.45) is 1.23. The van der Waals surface area contributed by atoms with E-state index in [2.05, 4.69) is 6.58 Å². The summed E-state index contributed by atoms with van der Waals surface area (Å²) in [4.78, 5) is 23.6. The molecule has 0 bridgehead atoms. The minimum atomic E-state index is -1.32. The molecule has 0 aromatic rings. The van der Waals surface area contributed by atoms with Crippen LogP contribution in [0.25, 0.3) is 0 Å². The van der Waals surface area contributed by atoms with Gasteiger partial charge in [0.1, 0.15) is 0 Å². The molecule has 17 heavy (non-hydrogen) atoms. The van der Waals surface area contributed by atoms with E-state index in [4.69, 9.17) is 10.2 Å². The molecule has 0 aromatic carbocycles. The van der Waals surface area contributed by atoms with Crippen molar-refractivity contribution in [2.75, 3.05) is 13.2 Å². The molecule has 98 valence electrons. The maximum Gasteiger partial charge on any atom is 0.328 e. The summed E-state index contributed by atoms with van der Waals surface area (Å²) in [5.74, 6) is -1.72. The molecule has 0 rings (SSSR count). The lowest BCUT2D eigenvalue weighted by atomic mass is 10.2. The number of aliphatic hydroxyl groups excluding tert-OH is 2. The Bertz CT molecular complexity index is 277. The summed E-state index contributed by atoms with van der Waals surface area (Å²) in [7, 11) is 0. The SMILES string of the molecule is C=CCCC(=O)N(C[C@@H](C)O)[C@@H](CO)C(=O)O. The van der Waals surface area contributed by atoms with E-state index in [1.54, 1.807) is 6.08 Å². The van der Waals surface area contributed by atoms with Crippen molar-refractivity contribution in [1.82, 2.24) is 4.90 Å². The normalized spacial score (nSPS) is 13.8. The zero-order valence-corrected chi connectivity index (χ0v) is 9.87. The first-order chi connectivity index (χ1) is 7.93. The van der Waals surface area contributed by atoms with E-state index in [0.717, 1.165) is 4.90 Å². The minimum Gasteiger partial charge on any atom is -0.480 e. The van der Waals surface area contributed by atoms with Crippen LogP contribution < -0.4 is 0 Å². The van der Waals surface area contributed by atoms with Crippen LogP contribution in [0.15, 0.2) is 12.7 Å². The number of hydrogen-bond donors (Lipinski definition) is 3. The first kappa shape index (κ1) is 15.6. The molecule has 2 atom stereocenters. The second-order valence-corrected chi connectivity index (χ2v) is 3.76. The molecule has 0 saturated carbocycles. The van der Waals surface area contributed by atoms with E-state index in [1.807, 2.05) is 0 Å². The number of nitrogens with zero attached hydrogens (tertiary/aromatic N) is 1. The largest absolute Gasteiger partial charge is 0.480 e. The topological polar surface area (TPSA) is 98.1 Å². The number of carboxylic acid groups (broad SMARTS) is 1. The predicted octanol–water partition coefficient (Wildman–Crippen LogP) is -0.392. The van der Waals surface area contributed by atoms with Crippen LogP contribution in [-0.4, -0.2) is 57.4 Å². The van der Waals surface area contributed by atoms with Gasteiger partial charge in [-0.15, -0.1) is 6.58 Å². The number of carboxylic acids is 1. The van der Waals surface area contributed by atoms with E-state index in [-0.39, 0.29) is 13.0 Å². The van der Waals surface area contributed by atoms with Crippen LogP contribution in [0.4, 0.5) is 0 Å². The molecule has 0 spiro atoms. The van der Waals surface area contributed by atoms with Crippen molar-refractivity contribution in [3.8, 4) is 0 Å². The van der Waals surface area contributed by atoms with E-state index in [1.165, 1.54) is 6.92 Å². The Morgan fingerprint density at radius 3 is 2.41 bits per heavy atom. The highest BCUT2D eigenvalue weighted by Crippen LogP contribution is 2.06. The maximum atomic E-state index is 11.7. The van der Waals surface area contributed by atoms with Gasteiger partial charge in [0, 0.05) is 13.0 Å². The van der Waals surface area contributed by atoms with Crippen molar-refractivity contribution >= 4 is 11.9 Å². The van der Waals surface area contributed by atoms with Crippen molar-refractivity contribution in [3.63, 3.8) is 0 Å². The highest BCUT2D eigenvalue weighted by atomic mass is 16.4. The molecule has 0 unspecified atom stereocenters. The zero-order chi connectivity index (χ0) is 13.4. The van der Waals surface area contributed by atoms with E-state index in [0.29, 0.717) is 6.42 Å². The Balaban J connectivity index is 4.77. The summed E-state index contributed by atoms with van der Waals surface area (Å²) in [6, 6.07) is -1.32. The molecule has 0 aliphatic heterocycles. The number of carbonyl (C=O) groups is 2. The van der Waals surface area contributed by atoms with Crippen LogP contribution >= 0.6 is 0 Å². The number of aliphatic hydroxyl groups is 2. The summed E-state index contributed by atoms with van der Waals surface area (Å²) in [6.45, 7) is 4.12. The molecular weight excluding hydrogens is 226 g/mol. The van der Waals surface area contributed by atoms with Gasteiger partial charge in [-0.2, -0.15) is 0 Å². The summed E-state index contributed by atoms with van der Waals surface area (Å²) >= 11 is 0. The summed E-state index contributed by atoms with van der Waals surface area (Å²) < 4.78 is 0. The lowest BCUT2D eigenvalue weighted by Crippen LogP contribution is -2.49. The fourth-order valence-corrected chi connectivity index (χ4v) is 1.37. The fraction of sp³-hybridized carbons (Fsp3) is 0.636. The monoisotopic (exact) mass is 245 g/mol. The Kier molecular flexibility index (Phi) is 7.16. The molecule has 0 saturated heterocycles. The summed E-state index contributed by atoms with van der Waals surface area (Å²) in [5.41, 5.74) is 0. The molecule has 6 heteroatoms. The quantitative estimate of drug-likeness (QED) is 0.506. The van der Waals surface area contributed by atoms with Crippen molar-refractivity contribution in [1.29, 1.82) is 0 Å². The van der Waals surface area contributed by atoms with Crippen LogP contribution in [0.2, 0.25) is 0 Å². The molecule has 0 aliphatic rings. The first-order valence-corrected chi connectivity index (χ1v) is 5.36. The second-order valence-electron chi connectivity index (χ2n) is 3.76. The second kappa shape index (κ2) is 7.81. The molecular formula is C11H19NO5. The first-order valence-electron chi connectivity index (χ1n) is 5.36. The Morgan fingerprint density at radius 2 is 2.06 bits per heavy atom. The van der Waals surface area contributed by atoms with Gasteiger partial charge >= 0.3 is 5.97 Å². The highest BCUT2D eigenvalue weighted by Gasteiger charge is 2.29. The lowest BCUT2D eigenvalue weighted by molar-refractivity contribution is -0.153. The highest BCUT2D eigenvalue weighted by molar-refractivity contribution is 5.83. The van der Waals surface area contributed by atoms with Gasteiger partial charge in [0.05, 0.1) is 12.7 Å². The van der Waals surface area contributed by atoms with Gasteiger partial charge in [0.2, 0.25) is 5.91 Å². The van der Waals surface area contributed by atoms with E-state index in [9.17, 15) is 14.7 Å². The van der Waals surface area contributed by atoms with Gasteiger partial charge < -0.3 is 20.2 Å². The molecule has 0 heterocycles. The molecule has 3 N–H and O–H groups in total. The zero-order valence-electron chi connectivity index (χ0n) is 9.87. The van der Waals surface area contributed by atoms with Crippen LogP contribution in [0, 0.1) is 0 Å². The smallest absolute Gasteiger partial charge is 0.328 e. The molecule has 0 aliphatic carbocycles. The van der Waals surface area contributed by atoms with Gasteiger partial charge in [-0.3, -0.25) is 4.79 Å². The maximum absolute atomic E-state index is 11.7. The average Bonchev–Trinajstić information content (AvgIpc) is 2.24. The van der Waals surface area contributed by atoms with Crippen molar-refractivity contribution in [3.05, 3.63) is 12.7 Å². The number of amides is 1. The van der Waals surface area contributed by atoms with E-state index >= 15 is 0 Å². The molecule has 0 aromatic heterocycles. The number of hydrogen-bond acceptors (Lipinski definition) is 4. The third kappa shape index (κ3) is 5.46. The minimum absolute atomic E-state index is 0.111. The lowest BCUT2D eigenvalue weighted by Gasteiger charge is -2.28. The number of aliphatic carboxylic acids is 1. The van der Waals surface area contributed by atoms with Crippen molar-refractivity contribution in [2.24, 2.45) is 0 Å². The van der Waals surface area contributed by atoms with Gasteiger partial charge in [0.15, 0.2) is 6.04 Å². The number of rotatable bonds is 8. The standard InChI is InChI=1S/C11H19NO5/c1-3-4-5-10(15)12(6-8(2)14)9(7-13)11(16)17/h3,8-9,13-14H,1,4-7H2,2H3,(H,16,17)/t8-,9+/m1/s1. The van der Waals surface area contributed by atoms with Crippen LogP contribution in [0.1, 0.15) is 19.8 Å². The van der Waals surface area contributed by atoms with Crippen LogP contribution in [-0.2, 0) is 9.59 Å². The van der Waals surface area contributed by atoms with Crippen LogP contribution in [0.5, 0.6) is 0 Å². The van der Waals surface area contributed by atoms with Crippen LogP contribution in [0.3, 0.4) is 0 Å². The average molecular weight is 245 g/mol. The van der Waals surface area contributed by atoms with Crippen molar-refractivity contribution in [2.45, 2.75) is 31.9 Å². The van der Waals surface area contributed by atoms with Crippen molar-refractivity contribution < 1.29 is 24.9 Å². The van der Waals surface area contributed by atoms with Gasteiger partial charge in [-0.1, -0.05) is 6.08 Å². The molecule has 1 amide bonds. The number of carbonyl (C=O) groups excluding carboxylic acids is 1. The number of allylic oxidation sites excluding steroid dienone is 1. The molecule has 0 radical (unpaired) electrons. The fourth-order valence-electron chi connectivity index (χ4n) is 1.37. The molecule has 0 fully saturated rings. The predicted molar refractivity (Wildman–Crippen MR) is 61.3 cm³/mol. The van der Waals surface area contributed by atoms with Gasteiger partial charge in [-0.25, -0.2) is 4.79 Å². The Hall–Kier alpha value is -1.40. The Labute approximate surface area is 100 Å². The third-order valence-corrected chi connectivity index (χ3v) is 2.18. The third-order valence-electron chi connectivity index (χ3n) is 2.18. The Morgan fingerprint density at radius 1 is 1.47 bits per heavy atom. The van der Waals surface area contributed by atoms with Gasteiger partial charge in [-0.05, 0) is 13.3 Å². The van der Waals surface area contributed by atoms with E-state index < -0.39 is 30.6 Å². The molecule has 6 nitrogen and oxygen atoms in total.